The smallest absolute Gasteiger partial charge is 0.308 e. The van der Waals surface area contributed by atoms with E-state index < -0.39 is 6.04 Å². The molecule has 1 aliphatic rings. The van der Waals surface area contributed by atoms with Gasteiger partial charge in [0.1, 0.15) is 16.9 Å². The highest BCUT2D eigenvalue weighted by molar-refractivity contribution is 7.15. The third kappa shape index (κ3) is 4.46. The number of benzene rings is 2. The third-order valence-electron chi connectivity index (χ3n) is 6.45. The second kappa shape index (κ2) is 10.1. The summed E-state index contributed by atoms with van der Waals surface area (Å²) in [7, 11) is 3.05. The van der Waals surface area contributed by atoms with Crippen LogP contribution in [0.25, 0.3) is 16.1 Å². The number of hydrogen-bond acceptors (Lipinski definition) is 8. The van der Waals surface area contributed by atoms with Crippen LogP contribution in [0, 0.1) is 25.2 Å². The predicted molar refractivity (Wildman–Crippen MR) is 141 cm³/mol. The molecular formula is C28H25N5O3S. The Morgan fingerprint density at radius 1 is 1.08 bits per heavy atom. The van der Waals surface area contributed by atoms with E-state index >= 15 is 0 Å². The van der Waals surface area contributed by atoms with Crippen LogP contribution in [0.4, 0.5) is 0 Å². The molecule has 0 saturated carbocycles. The van der Waals surface area contributed by atoms with Gasteiger partial charge in [-0.3, -0.25) is 14.4 Å². The van der Waals surface area contributed by atoms with Crippen molar-refractivity contribution in [3.8, 4) is 22.2 Å². The summed E-state index contributed by atoms with van der Waals surface area (Å²) in [6.45, 7) is 4.45. The highest BCUT2D eigenvalue weighted by Crippen LogP contribution is 2.40. The Bertz CT molecular complexity index is 1560. The number of carbonyl (C=O) groups excluding carboxylic acids is 1. The molecule has 0 amide bonds. The number of ether oxygens (including phenoxy) is 2. The summed E-state index contributed by atoms with van der Waals surface area (Å²) in [5.74, 6) is 0.963. The van der Waals surface area contributed by atoms with Crippen LogP contribution < -0.4 is 0 Å². The minimum Gasteiger partial charge on any atom is -0.469 e. The number of thiophene rings is 1. The van der Waals surface area contributed by atoms with Gasteiger partial charge in [-0.25, -0.2) is 0 Å². The minimum absolute atomic E-state index is 0.0517. The van der Waals surface area contributed by atoms with Gasteiger partial charge in [0.2, 0.25) is 0 Å². The fraction of sp³-hybridized carbons (Fsp3) is 0.250. The van der Waals surface area contributed by atoms with E-state index in [1.807, 2.05) is 54.0 Å². The lowest BCUT2D eigenvalue weighted by Crippen LogP contribution is -2.12. The van der Waals surface area contributed by atoms with Gasteiger partial charge >= 0.3 is 5.97 Å². The van der Waals surface area contributed by atoms with Crippen LogP contribution in [0.3, 0.4) is 0 Å². The Labute approximate surface area is 218 Å². The Hall–Kier alpha value is -4.13. The molecule has 186 valence electrons. The number of rotatable bonds is 6. The first-order valence-electron chi connectivity index (χ1n) is 11.7. The van der Waals surface area contributed by atoms with Crippen LogP contribution in [-0.2, 0) is 20.9 Å². The molecule has 0 bridgehead atoms. The molecule has 0 radical (unpaired) electrons. The first-order valence-corrected chi connectivity index (χ1v) is 12.6. The van der Waals surface area contributed by atoms with Crippen LogP contribution >= 0.6 is 11.3 Å². The van der Waals surface area contributed by atoms with E-state index in [0.717, 1.165) is 49.2 Å². The molecule has 9 heteroatoms. The predicted octanol–water partition coefficient (Wildman–Crippen LogP) is 5.09. The van der Waals surface area contributed by atoms with E-state index in [9.17, 15) is 10.1 Å². The quantitative estimate of drug-likeness (QED) is 0.334. The molecular weight excluding hydrogens is 486 g/mol. The topological polar surface area (TPSA) is 102 Å². The molecule has 8 nitrogen and oxygen atoms in total. The zero-order chi connectivity index (χ0) is 26.1. The van der Waals surface area contributed by atoms with E-state index in [1.165, 1.54) is 7.11 Å². The molecule has 37 heavy (non-hydrogen) atoms. The van der Waals surface area contributed by atoms with E-state index in [-0.39, 0.29) is 12.4 Å². The lowest BCUT2D eigenvalue weighted by atomic mass is 9.96. The third-order valence-corrected chi connectivity index (χ3v) is 7.70. The van der Waals surface area contributed by atoms with Crippen molar-refractivity contribution in [2.45, 2.75) is 32.9 Å². The van der Waals surface area contributed by atoms with Crippen LogP contribution in [-0.4, -0.2) is 40.7 Å². The van der Waals surface area contributed by atoms with Crippen LogP contribution in [0.15, 0.2) is 53.5 Å². The van der Waals surface area contributed by atoms with Gasteiger partial charge in [-0.15, -0.1) is 21.5 Å². The molecule has 5 rings (SSSR count). The van der Waals surface area contributed by atoms with Crippen LogP contribution in [0.1, 0.15) is 51.2 Å². The number of fused-ring (bicyclic) bond motifs is 3. The lowest BCUT2D eigenvalue weighted by Gasteiger charge is -2.12. The summed E-state index contributed by atoms with van der Waals surface area (Å²) in [5.41, 5.74) is 6.32. The second-order valence-electron chi connectivity index (χ2n) is 8.75. The molecule has 0 unspecified atom stereocenters. The van der Waals surface area contributed by atoms with Crippen molar-refractivity contribution in [3.63, 3.8) is 0 Å². The SMILES string of the molecule is COCc1sc2c(c1C)C(c1ccc(-c3cccc(C#N)c3)cc1)=N[C@@H](CC(=O)OC)c1nnc(C)n1-2. The zero-order valence-corrected chi connectivity index (χ0v) is 21.8. The summed E-state index contributed by atoms with van der Waals surface area (Å²) in [6.07, 6.45) is 0.0517. The summed E-state index contributed by atoms with van der Waals surface area (Å²) in [4.78, 5) is 18.5. The summed E-state index contributed by atoms with van der Waals surface area (Å²) >= 11 is 1.62. The normalized spacial score (nSPS) is 14.2. The zero-order valence-electron chi connectivity index (χ0n) is 21.0. The van der Waals surface area contributed by atoms with Crippen molar-refractivity contribution in [2.75, 3.05) is 14.2 Å². The molecule has 0 N–H and O–H groups in total. The lowest BCUT2D eigenvalue weighted by molar-refractivity contribution is -0.141. The number of nitriles is 1. The summed E-state index contributed by atoms with van der Waals surface area (Å²) in [6, 6.07) is 17.3. The maximum Gasteiger partial charge on any atom is 0.308 e. The fourth-order valence-electron chi connectivity index (χ4n) is 4.56. The first kappa shape index (κ1) is 24.6. The van der Waals surface area contributed by atoms with Crippen molar-refractivity contribution in [2.24, 2.45) is 4.99 Å². The molecule has 4 aromatic rings. The fourth-order valence-corrected chi connectivity index (χ4v) is 5.89. The Morgan fingerprint density at radius 2 is 1.84 bits per heavy atom. The van der Waals surface area contributed by atoms with Gasteiger partial charge in [-0.05, 0) is 42.7 Å². The molecule has 3 heterocycles. The monoisotopic (exact) mass is 511 g/mol. The highest BCUT2D eigenvalue weighted by atomic mass is 32.1. The Kier molecular flexibility index (Phi) is 6.70. The number of carbonyl (C=O) groups is 1. The molecule has 1 aliphatic heterocycles. The summed E-state index contributed by atoms with van der Waals surface area (Å²) in [5, 5.41) is 19.0. The number of nitrogens with zero attached hydrogens (tertiary/aromatic N) is 5. The molecule has 2 aromatic carbocycles. The number of aliphatic imine (C=N–C) groups is 1. The van der Waals surface area contributed by atoms with Crippen molar-refractivity contribution in [1.29, 1.82) is 5.26 Å². The van der Waals surface area contributed by atoms with Gasteiger partial charge in [-0.2, -0.15) is 5.26 Å². The number of hydrogen-bond donors (Lipinski definition) is 0. The number of aromatic nitrogens is 3. The van der Waals surface area contributed by atoms with Gasteiger partial charge in [-0.1, -0.05) is 36.4 Å². The Morgan fingerprint density at radius 3 is 2.54 bits per heavy atom. The summed E-state index contributed by atoms with van der Waals surface area (Å²) < 4.78 is 12.4. The molecule has 0 saturated heterocycles. The molecule has 0 aliphatic carbocycles. The van der Waals surface area contributed by atoms with Gasteiger partial charge in [0.25, 0.3) is 0 Å². The van der Waals surface area contributed by atoms with Crippen molar-refractivity contribution >= 4 is 23.0 Å². The molecule has 2 aromatic heterocycles. The van der Waals surface area contributed by atoms with E-state index in [2.05, 4.69) is 23.2 Å². The van der Waals surface area contributed by atoms with E-state index in [0.29, 0.717) is 18.0 Å². The maximum absolute atomic E-state index is 12.3. The Balaban J connectivity index is 1.68. The molecule has 1 atom stereocenters. The van der Waals surface area contributed by atoms with Crippen molar-refractivity contribution in [1.82, 2.24) is 14.8 Å². The van der Waals surface area contributed by atoms with Crippen LogP contribution in [0.2, 0.25) is 0 Å². The molecule has 0 fully saturated rings. The minimum atomic E-state index is -0.555. The standard InChI is InChI=1S/C28H25N5O3S/c1-16-23(15-35-3)37-28-25(16)26(30-22(13-24(34)36-4)27-32-31-17(2)33(27)28)20-10-8-19(9-11-20)21-7-5-6-18(12-21)14-29/h5-12,22H,13,15H2,1-4H3/t22-/m0/s1. The van der Waals surface area contributed by atoms with Gasteiger partial charge in [0.15, 0.2) is 5.82 Å². The van der Waals surface area contributed by atoms with Crippen LogP contribution in [0.5, 0.6) is 0 Å². The van der Waals surface area contributed by atoms with Gasteiger partial charge < -0.3 is 9.47 Å². The largest absolute Gasteiger partial charge is 0.469 e. The number of aryl methyl sites for hydroxylation is 1. The van der Waals surface area contributed by atoms with Crippen molar-refractivity contribution < 1.29 is 14.3 Å². The maximum atomic E-state index is 12.3. The van der Waals surface area contributed by atoms with Gasteiger partial charge in [0, 0.05) is 23.1 Å². The van der Waals surface area contributed by atoms with Gasteiger partial charge in [0.05, 0.1) is 37.5 Å². The average molecular weight is 512 g/mol. The highest BCUT2D eigenvalue weighted by Gasteiger charge is 2.33. The number of methoxy groups -OCH3 is 2. The number of esters is 1. The average Bonchev–Trinajstić information content (AvgIpc) is 3.41. The molecule has 0 spiro atoms. The van der Waals surface area contributed by atoms with E-state index in [1.54, 1.807) is 24.5 Å². The second-order valence-corrected chi connectivity index (χ2v) is 9.83. The first-order chi connectivity index (χ1) is 17.9. The van der Waals surface area contributed by atoms with Crippen molar-refractivity contribution in [3.05, 3.63) is 87.3 Å². The van der Waals surface area contributed by atoms with E-state index in [4.69, 9.17) is 14.5 Å².